The molecular weight excluding hydrogens is 545 g/mol. The van der Waals surface area contributed by atoms with Gasteiger partial charge in [0.2, 0.25) is 5.91 Å². The number of carbonyl (C=O) groups excluding carboxylic acids is 2. The standard InChI is InChI=1S/C31H29ClFN5O3/c1-36-29(38-14-12-28(39)35-31(38)40)16-34-30(36)21-7-5-20(6-8-21)17-37-13-11-22-15-24(10-9-23(22)18-37)41-19-25-26(32)3-2-4-27(25)33/h2-10,15-16H,11-14,17-19H2,1H3,(H,35,39,40). The molecule has 1 fully saturated rings. The van der Waals surface area contributed by atoms with E-state index in [1.54, 1.807) is 18.3 Å². The Hall–Kier alpha value is -4.21. The van der Waals surface area contributed by atoms with Crippen molar-refractivity contribution in [2.24, 2.45) is 7.05 Å². The summed E-state index contributed by atoms with van der Waals surface area (Å²) in [6.45, 7) is 2.98. The lowest BCUT2D eigenvalue weighted by Crippen LogP contribution is -2.50. The van der Waals surface area contributed by atoms with Crippen LogP contribution < -0.4 is 15.0 Å². The number of imide groups is 1. The molecule has 0 unspecified atom stereocenters. The first-order valence-electron chi connectivity index (χ1n) is 13.5. The molecule has 1 N–H and O–H groups in total. The summed E-state index contributed by atoms with van der Waals surface area (Å²) in [4.78, 5) is 32.2. The number of carbonyl (C=O) groups is 2. The number of urea groups is 1. The van der Waals surface area contributed by atoms with Crippen LogP contribution in [0.2, 0.25) is 5.02 Å². The van der Waals surface area contributed by atoms with Crippen LogP contribution in [0.1, 0.15) is 28.7 Å². The van der Waals surface area contributed by atoms with Gasteiger partial charge in [0, 0.05) is 50.8 Å². The van der Waals surface area contributed by atoms with Gasteiger partial charge in [-0.3, -0.25) is 19.9 Å². The van der Waals surface area contributed by atoms with E-state index < -0.39 is 6.03 Å². The highest BCUT2D eigenvalue weighted by atomic mass is 35.5. The van der Waals surface area contributed by atoms with Gasteiger partial charge in [0.1, 0.15) is 29.8 Å². The van der Waals surface area contributed by atoms with E-state index in [0.29, 0.717) is 28.7 Å². The van der Waals surface area contributed by atoms with Crippen LogP contribution in [0.3, 0.4) is 0 Å². The molecule has 0 saturated carbocycles. The normalized spacial score (nSPS) is 15.5. The number of anilines is 1. The Kier molecular flexibility index (Phi) is 7.47. The maximum absolute atomic E-state index is 14.1. The molecule has 0 aliphatic carbocycles. The van der Waals surface area contributed by atoms with Gasteiger partial charge in [0.05, 0.1) is 11.2 Å². The van der Waals surface area contributed by atoms with Crippen LogP contribution in [0.4, 0.5) is 15.0 Å². The van der Waals surface area contributed by atoms with Crippen molar-refractivity contribution < 1.29 is 18.7 Å². The van der Waals surface area contributed by atoms with Crippen LogP contribution >= 0.6 is 11.6 Å². The van der Waals surface area contributed by atoms with Gasteiger partial charge in [-0.2, -0.15) is 0 Å². The van der Waals surface area contributed by atoms with E-state index in [0.717, 1.165) is 37.4 Å². The van der Waals surface area contributed by atoms with Crippen molar-refractivity contribution >= 4 is 29.4 Å². The number of fused-ring (bicyclic) bond motifs is 1. The van der Waals surface area contributed by atoms with Crippen LogP contribution in [0.5, 0.6) is 5.75 Å². The van der Waals surface area contributed by atoms with E-state index >= 15 is 0 Å². The van der Waals surface area contributed by atoms with E-state index in [1.165, 1.54) is 27.7 Å². The number of aromatic nitrogens is 2. The van der Waals surface area contributed by atoms with Crippen LogP contribution in [0.25, 0.3) is 11.4 Å². The summed E-state index contributed by atoms with van der Waals surface area (Å²) in [5, 5.41) is 2.72. The average molecular weight is 574 g/mol. The highest BCUT2D eigenvalue weighted by Crippen LogP contribution is 2.28. The van der Waals surface area contributed by atoms with Gasteiger partial charge in [-0.15, -0.1) is 0 Å². The minimum absolute atomic E-state index is 0.0839. The zero-order chi connectivity index (χ0) is 28.5. The maximum atomic E-state index is 14.1. The molecule has 41 heavy (non-hydrogen) atoms. The van der Waals surface area contributed by atoms with E-state index in [1.807, 2.05) is 35.9 Å². The fraction of sp³-hybridized carbons (Fsp3) is 0.258. The van der Waals surface area contributed by atoms with Crippen molar-refractivity contribution in [2.75, 3.05) is 18.0 Å². The van der Waals surface area contributed by atoms with Gasteiger partial charge in [-0.05, 0) is 47.4 Å². The van der Waals surface area contributed by atoms with Gasteiger partial charge in [0.25, 0.3) is 0 Å². The molecule has 0 bridgehead atoms. The fourth-order valence-corrected chi connectivity index (χ4v) is 5.58. The maximum Gasteiger partial charge on any atom is 0.329 e. The Morgan fingerprint density at radius 1 is 1.02 bits per heavy atom. The smallest absolute Gasteiger partial charge is 0.329 e. The number of benzene rings is 3. The first kappa shape index (κ1) is 27.0. The number of rotatable bonds is 7. The highest BCUT2D eigenvalue weighted by Gasteiger charge is 2.27. The minimum atomic E-state index is -0.425. The molecule has 3 heterocycles. The van der Waals surface area contributed by atoms with Gasteiger partial charge >= 0.3 is 6.03 Å². The number of hydrogen-bond donors (Lipinski definition) is 1. The SMILES string of the molecule is Cn1c(N2CCC(=O)NC2=O)cnc1-c1ccc(CN2CCc3cc(OCc4c(F)cccc4Cl)ccc3C2)cc1. The molecule has 0 spiro atoms. The number of halogens is 2. The minimum Gasteiger partial charge on any atom is -0.489 e. The summed E-state index contributed by atoms with van der Waals surface area (Å²) in [6, 6.07) is 18.6. The first-order valence-corrected chi connectivity index (χ1v) is 13.9. The first-order chi connectivity index (χ1) is 19.9. The second kappa shape index (κ2) is 11.3. The van der Waals surface area contributed by atoms with Crippen molar-refractivity contribution in [3.05, 3.63) is 100.0 Å². The molecule has 210 valence electrons. The molecule has 2 aliphatic heterocycles. The zero-order valence-corrected chi connectivity index (χ0v) is 23.3. The predicted molar refractivity (Wildman–Crippen MR) is 154 cm³/mol. The number of nitrogens with zero attached hydrogens (tertiary/aromatic N) is 4. The van der Waals surface area contributed by atoms with E-state index in [-0.39, 0.29) is 24.8 Å². The molecule has 8 nitrogen and oxygen atoms in total. The quantitative estimate of drug-likeness (QED) is 0.317. The molecule has 2 aliphatic rings. The van der Waals surface area contributed by atoms with Gasteiger partial charge < -0.3 is 9.30 Å². The van der Waals surface area contributed by atoms with Gasteiger partial charge in [0.15, 0.2) is 0 Å². The molecule has 3 amide bonds. The van der Waals surface area contributed by atoms with E-state index in [2.05, 4.69) is 33.4 Å². The Morgan fingerprint density at radius 3 is 2.63 bits per heavy atom. The van der Waals surface area contributed by atoms with Crippen LogP contribution in [0, 0.1) is 5.82 Å². The van der Waals surface area contributed by atoms with E-state index in [4.69, 9.17) is 16.3 Å². The van der Waals surface area contributed by atoms with Crippen LogP contribution in [-0.2, 0) is 38.0 Å². The summed E-state index contributed by atoms with van der Waals surface area (Å²) in [5.74, 6) is 1.47. The van der Waals surface area contributed by atoms with Crippen molar-refractivity contribution in [2.45, 2.75) is 32.5 Å². The largest absolute Gasteiger partial charge is 0.489 e. The molecular formula is C31H29ClFN5O3. The van der Waals surface area contributed by atoms with E-state index in [9.17, 15) is 14.0 Å². The van der Waals surface area contributed by atoms with Gasteiger partial charge in [-0.1, -0.05) is 48.0 Å². The van der Waals surface area contributed by atoms with Crippen molar-refractivity contribution in [1.29, 1.82) is 0 Å². The third-order valence-electron chi connectivity index (χ3n) is 7.63. The molecule has 0 radical (unpaired) electrons. The Balaban J connectivity index is 1.07. The second-order valence-electron chi connectivity index (χ2n) is 10.3. The van der Waals surface area contributed by atoms with Crippen LogP contribution in [-0.4, -0.2) is 39.5 Å². The van der Waals surface area contributed by atoms with Gasteiger partial charge in [-0.25, -0.2) is 14.2 Å². The number of ether oxygens (including phenoxy) is 1. The zero-order valence-electron chi connectivity index (χ0n) is 22.6. The molecule has 1 aromatic heterocycles. The third-order valence-corrected chi connectivity index (χ3v) is 7.98. The monoisotopic (exact) mass is 573 g/mol. The molecule has 0 atom stereocenters. The van der Waals surface area contributed by atoms with Crippen molar-refractivity contribution in [3.63, 3.8) is 0 Å². The molecule has 4 aromatic rings. The Labute approximate surface area is 242 Å². The topological polar surface area (TPSA) is 79.7 Å². The number of nitrogens with one attached hydrogen (secondary N) is 1. The lowest BCUT2D eigenvalue weighted by atomic mass is 9.99. The molecule has 6 rings (SSSR count). The van der Waals surface area contributed by atoms with Crippen molar-refractivity contribution in [3.8, 4) is 17.1 Å². The highest BCUT2D eigenvalue weighted by molar-refractivity contribution is 6.31. The third kappa shape index (κ3) is 5.68. The summed E-state index contributed by atoms with van der Waals surface area (Å²) < 4.78 is 21.8. The Bertz CT molecular complexity index is 1600. The number of imidazole rings is 1. The average Bonchev–Trinajstić information content (AvgIpc) is 3.34. The molecule has 3 aromatic carbocycles. The Morgan fingerprint density at radius 2 is 1.85 bits per heavy atom. The lowest BCUT2D eigenvalue weighted by Gasteiger charge is -2.29. The summed E-state index contributed by atoms with van der Waals surface area (Å²) >= 11 is 6.13. The number of amides is 3. The predicted octanol–water partition coefficient (Wildman–Crippen LogP) is 5.46. The molecule has 10 heteroatoms. The summed E-state index contributed by atoms with van der Waals surface area (Å²) in [5.41, 5.74) is 5.00. The lowest BCUT2D eigenvalue weighted by molar-refractivity contribution is -0.120. The number of hydrogen-bond acceptors (Lipinski definition) is 5. The summed E-state index contributed by atoms with van der Waals surface area (Å²) in [6.07, 6.45) is 2.83. The van der Waals surface area contributed by atoms with Crippen molar-refractivity contribution in [1.82, 2.24) is 19.8 Å². The fourth-order valence-electron chi connectivity index (χ4n) is 5.36. The molecule has 1 saturated heterocycles. The summed E-state index contributed by atoms with van der Waals surface area (Å²) in [7, 11) is 1.87. The van der Waals surface area contributed by atoms with Crippen LogP contribution in [0.15, 0.2) is 66.9 Å². The second-order valence-corrected chi connectivity index (χ2v) is 10.7.